The van der Waals surface area contributed by atoms with Crippen molar-refractivity contribution in [3.63, 3.8) is 0 Å². The third-order valence-corrected chi connectivity index (χ3v) is 8.32. The topological polar surface area (TPSA) is 78.9 Å². The maximum atomic E-state index is 14.8. The van der Waals surface area contributed by atoms with Crippen LogP contribution in [0.2, 0.25) is 30.7 Å². The summed E-state index contributed by atoms with van der Waals surface area (Å²) in [5.74, 6) is -0.486. The van der Waals surface area contributed by atoms with Gasteiger partial charge in [0.25, 0.3) is 5.56 Å². The van der Waals surface area contributed by atoms with Crippen LogP contribution in [0.3, 0.4) is 0 Å². The van der Waals surface area contributed by atoms with E-state index in [1.807, 2.05) is 22.9 Å². The van der Waals surface area contributed by atoms with Crippen molar-refractivity contribution in [1.82, 2.24) is 23.9 Å². The third kappa shape index (κ3) is 5.24. The number of nitrogens with zero attached hydrogens (tertiary/aromatic N) is 5. The van der Waals surface area contributed by atoms with E-state index in [0.29, 0.717) is 51.9 Å². The molecule has 1 N–H and O–H groups in total. The van der Waals surface area contributed by atoms with Crippen LogP contribution in [-0.2, 0) is 25.6 Å². The molecule has 0 saturated heterocycles. The highest BCUT2D eigenvalue weighted by molar-refractivity contribution is 6.76. The normalized spacial score (nSPS) is 12.1. The zero-order chi connectivity index (χ0) is 27.2. The molecule has 4 heterocycles. The van der Waals surface area contributed by atoms with Gasteiger partial charge in [-0.2, -0.15) is 5.10 Å². The number of halogens is 2. The first kappa shape index (κ1) is 26.1. The summed E-state index contributed by atoms with van der Waals surface area (Å²) in [7, 11) is 2.25. The highest BCUT2D eigenvalue weighted by atomic mass is 35.5. The fourth-order valence-electron chi connectivity index (χ4n) is 4.32. The summed E-state index contributed by atoms with van der Waals surface area (Å²) in [5, 5.41) is 9.39. The van der Waals surface area contributed by atoms with Gasteiger partial charge in [-0.05, 0) is 36.4 Å². The predicted molar refractivity (Wildman–Crippen MR) is 153 cm³/mol. The quantitative estimate of drug-likeness (QED) is 0.185. The number of aryl methyl sites for hydroxylation is 2. The number of pyridine rings is 2. The van der Waals surface area contributed by atoms with Crippen LogP contribution >= 0.6 is 11.6 Å². The van der Waals surface area contributed by atoms with Gasteiger partial charge in [0.05, 0.1) is 22.5 Å². The first-order chi connectivity index (χ1) is 18.0. The van der Waals surface area contributed by atoms with Crippen LogP contribution < -0.4 is 10.9 Å². The molecule has 0 aliphatic rings. The smallest absolute Gasteiger partial charge is 0.261 e. The standard InChI is InChI=1S/C27H30ClFN6O2Si/c1-33-14-19(24-20(27(33)36)15-34(2)32-24)25-23(30-22-7-6-18(28)13-21(22)29)12-17-8-9-35(26(17)31-25)16-37-10-11-38(3,4)5/h6-9,12-15,30H,10-11,16H2,1-5H3. The molecule has 198 valence electrons. The number of nitrogens with one attached hydrogen (secondary N) is 1. The van der Waals surface area contributed by atoms with Crippen LogP contribution in [-0.4, -0.2) is 38.6 Å². The molecule has 0 unspecified atom stereocenters. The number of fused-ring (bicyclic) bond motifs is 2. The Labute approximate surface area is 225 Å². The van der Waals surface area contributed by atoms with Crippen LogP contribution in [0, 0.1) is 5.82 Å². The number of aromatic nitrogens is 5. The van der Waals surface area contributed by atoms with Crippen molar-refractivity contribution >= 4 is 53.0 Å². The maximum absolute atomic E-state index is 14.8. The molecular formula is C27H30ClFN6O2Si. The first-order valence-electron chi connectivity index (χ1n) is 12.3. The van der Waals surface area contributed by atoms with Gasteiger partial charge in [-0.3, -0.25) is 9.48 Å². The summed E-state index contributed by atoms with van der Waals surface area (Å²) in [4.78, 5) is 17.8. The molecular weight excluding hydrogens is 523 g/mol. The Morgan fingerprint density at radius 1 is 1.11 bits per heavy atom. The highest BCUT2D eigenvalue weighted by Gasteiger charge is 2.20. The lowest BCUT2D eigenvalue weighted by atomic mass is 10.1. The van der Waals surface area contributed by atoms with Crippen molar-refractivity contribution < 1.29 is 9.13 Å². The van der Waals surface area contributed by atoms with Gasteiger partial charge >= 0.3 is 0 Å². The van der Waals surface area contributed by atoms with E-state index >= 15 is 0 Å². The van der Waals surface area contributed by atoms with Crippen LogP contribution in [0.5, 0.6) is 0 Å². The second-order valence-electron chi connectivity index (χ2n) is 10.7. The Morgan fingerprint density at radius 2 is 1.89 bits per heavy atom. The number of rotatable bonds is 8. The zero-order valence-corrected chi connectivity index (χ0v) is 23.8. The minimum atomic E-state index is -1.21. The van der Waals surface area contributed by atoms with Crippen molar-refractivity contribution in [2.45, 2.75) is 32.4 Å². The molecule has 0 fully saturated rings. The maximum Gasteiger partial charge on any atom is 0.261 e. The van der Waals surface area contributed by atoms with E-state index in [-0.39, 0.29) is 11.2 Å². The zero-order valence-electron chi connectivity index (χ0n) is 22.0. The van der Waals surface area contributed by atoms with E-state index in [1.165, 1.54) is 10.6 Å². The van der Waals surface area contributed by atoms with Gasteiger partial charge < -0.3 is 19.2 Å². The van der Waals surface area contributed by atoms with E-state index in [1.54, 1.807) is 43.3 Å². The average molecular weight is 553 g/mol. The number of anilines is 2. The Bertz CT molecular complexity index is 1720. The molecule has 0 saturated carbocycles. The van der Waals surface area contributed by atoms with Crippen LogP contribution in [0.1, 0.15) is 0 Å². The van der Waals surface area contributed by atoms with Gasteiger partial charge in [-0.15, -0.1) is 0 Å². The lowest BCUT2D eigenvalue weighted by Crippen LogP contribution is -2.22. The van der Waals surface area contributed by atoms with Crippen molar-refractivity contribution in [1.29, 1.82) is 0 Å². The van der Waals surface area contributed by atoms with Gasteiger partial charge in [-0.25, -0.2) is 9.37 Å². The molecule has 11 heteroatoms. The predicted octanol–water partition coefficient (Wildman–Crippen LogP) is 6.14. The molecule has 1 aromatic carbocycles. The Balaban J connectivity index is 1.65. The molecule has 8 nitrogen and oxygen atoms in total. The van der Waals surface area contributed by atoms with Gasteiger partial charge in [0, 0.05) is 63.3 Å². The Morgan fingerprint density at radius 3 is 2.63 bits per heavy atom. The van der Waals surface area contributed by atoms with E-state index < -0.39 is 13.9 Å². The summed E-state index contributed by atoms with van der Waals surface area (Å²) in [6, 6.07) is 9.41. The Kier molecular flexibility index (Phi) is 6.89. The molecule has 0 aliphatic heterocycles. The van der Waals surface area contributed by atoms with Crippen molar-refractivity contribution in [3.05, 3.63) is 70.1 Å². The number of hydrogen-bond donors (Lipinski definition) is 1. The largest absolute Gasteiger partial charge is 0.361 e. The first-order valence-corrected chi connectivity index (χ1v) is 16.4. The van der Waals surface area contributed by atoms with E-state index in [4.69, 9.17) is 21.3 Å². The van der Waals surface area contributed by atoms with E-state index in [0.717, 1.165) is 11.4 Å². The molecule has 0 bridgehead atoms. The van der Waals surface area contributed by atoms with Crippen molar-refractivity contribution in [2.75, 3.05) is 11.9 Å². The second kappa shape index (κ2) is 10.0. The monoisotopic (exact) mass is 552 g/mol. The molecule has 0 atom stereocenters. The third-order valence-electron chi connectivity index (χ3n) is 6.38. The molecule has 38 heavy (non-hydrogen) atoms. The second-order valence-corrected chi connectivity index (χ2v) is 16.8. The number of ether oxygens (including phenoxy) is 1. The summed E-state index contributed by atoms with van der Waals surface area (Å²) in [6.45, 7) is 8.01. The molecule has 0 amide bonds. The average Bonchev–Trinajstić information content (AvgIpc) is 3.43. The molecule has 0 spiro atoms. The highest BCUT2D eigenvalue weighted by Crippen LogP contribution is 2.35. The molecule has 0 radical (unpaired) electrons. The SMILES string of the molecule is Cn1cc2c(=O)n(C)cc(-c3nc4c(ccn4COCC[Si](C)(C)C)cc3Nc3ccc(Cl)cc3F)c2n1. The fourth-order valence-corrected chi connectivity index (χ4v) is 5.23. The van der Waals surface area contributed by atoms with Crippen LogP contribution in [0.15, 0.2) is 53.7 Å². The molecule has 0 aliphatic carbocycles. The molecule has 4 aromatic heterocycles. The molecule has 5 aromatic rings. The molecule has 5 rings (SSSR count). The van der Waals surface area contributed by atoms with Crippen LogP contribution in [0.25, 0.3) is 33.2 Å². The van der Waals surface area contributed by atoms with E-state index in [2.05, 4.69) is 30.1 Å². The van der Waals surface area contributed by atoms with Gasteiger partial charge in [0.15, 0.2) is 0 Å². The Hall–Kier alpha value is -3.47. The summed E-state index contributed by atoms with van der Waals surface area (Å²) >= 11 is 5.97. The summed E-state index contributed by atoms with van der Waals surface area (Å²) < 4.78 is 25.8. The van der Waals surface area contributed by atoms with E-state index in [9.17, 15) is 9.18 Å². The summed E-state index contributed by atoms with van der Waals surface area (Å²) in [5.41, 5.74) is 3.09. The number of benzene rings is 1. The van der Waals surface area contributed by atoms with Gasteiger partial charge in [-0.1, -0.05) is 31.2 Å². The van der Waals surface area contributed by atoms with Crippen molar-refractivity contribution in [3.8, 4) is 11.3 Å². The lowest BCUT2D eigenvalue weighted by molar-refractivity contribution is 0.0899. The lowest BCUT2D eigenvalue weighted by Gasteiger charge is -2.16. The van der Waals surface area contributed by atoms with Gasteiger partial charge in [0.2, 0.25) is 0 Å². The minimum absolute atomic E-state index is 0.157. The summed E-state index contributed by atoms with van der Waals surface area (Å²) in [6.07, 6.45) is 5.34. The van der Waals surface area contributed by atoms with Crippen LogP contribution in [0.4, 0.5) is 15.8 Å². The fraction of sp³-hybridized carbons (Fsp3) is 0.296. The number of hydrogen-bond acceptors (Lipinski definition) is 5. The minimum Gasteiger partial charge on any atom is -0.361 e. The van der Waals surface area contributed by atoms with Crippen molar-refractivity contribution in [2.24, 2.45) is 14.1 Å². The van der Waals surface area contributed by atoms with Gasteiger partial charge in [0.1, 0.15) is 23.7 Å².